The summed E-state index contributed by atoms with van der Waals surface area (Å²) in [7, 11) is 0. The van der Waals surface area contributed by atoms with E-state index in [4.69, 9.17) is 39.9 Å². The molecule has 0 aliphatic carbocycles. The quantitative estimate of drug-likeness (QED) is 0.0216. The number of nitrogens with zero attached hydrogens (tertiary/aromatic N) is 21. The van der Waals surface area contributed by atoms with E-state index in [1.54, 1.807) is 91.8 Å². The number of benzene rings is 8. The van der Waals surface area contributed by atoms with Crippen LogP contribution in [0.3, 0.4) is 0 Å². The van der Waals surface area contributed by atoms with Gasteiger partial charge in [0, 0.05) is 122 Å². The third-order valence-electron chi connectivity index (χ3n) is 22.0. The highest BCUT2D eigenvalue weighted by molar-refractivity contribution is 5.98. The van der Waals surface area contributed by atoms with Crippen LogP contribution in [0.1, 0.15) is 113 Å². The Morgan fingerprint density at radius 3 is 1.00 bits per heavy atom. The predicted octanol–water partition coefficient (Wildman–Crippen LogP) is 16.9. The van der Waals surface area contributed by atoms with Crippen molar-refractivity contribution in [1.29, 1.82) is 0 Å². The number of carbonyl (C=O) groups is 4. The van der Waals surface area contributed by atoms with Crippen LogP contribution in [0.4, 0.5) is 80.9 Å². The van der Waals surface area contributed by atoms with Crippen LogP contribution in [0.15, 0.2) is 247 Å². The molecule has 45 nitrogen and oxygen atoms in total. The normalized spacial score (nSPS) is 11.2. The Labute approximate surface area is 824 Å². The first-order chi connectivity index (χ1) is 70.0. The Kier molecular flexibility index (Phi) is 28.9. The number of nitrogens with one attached hydrogen (secondary N) is 11. The molecule has 734 valence electrons. The van der Waals surface area contributed by atoms with Gasteiger partial charge >= 0.3 is 0 Å². The van der Waals surface area contributed by atoms with E-state index < -0.39 is 0 Å². The summed E-state index contributed by atoms with van der Waals surface area (Å²) in [5.41, 5.74) is 31.3. The maximum absolute atomic E-state index is 13.0. The van der Waals surface area contributed by atoms with Gasteiger partial charge in [-0.1, -0.05) is 72.8 Å². The number of rotatable bonds is 28. The molecular weight excluding hydrogens is 1850 g/mol. The fourth-order valence-electron chi connectivity index (χ4n) is 15.2. The number of hydrogen-bond donors (Lipinski definition) is 14. The Morgan fingerprint density at radius 2 is 0.655 bits per heavy atom. The van der Waals surface area contributed by atoms with Gasteiger partial charge in [-0.05, 0) is 182 Å². The lowest BCUT2D eigenvalue weighted by Gasteiger charge is -2.14. The average molecular weight is 1950 g/mol. The lowest BCUT2D eigenvalue weighted by Crippen LogP contribution is -2.15. The van der Waals surface area contributed by atoms with Crippen molar-refractivity contribution in [3.8, 4) is 91.6 Å². The zero-order valence-corrected chi connectivity index (χ0v) is 80.4. The molecule has 145 heavy (non-hydrogen) atoms. The SMILES string of the molecule is CC(=O)Nc1ccc(-c2nnc(-c3ccccc3)o2)cc1Nc1nc(N)c2ncn(C(C)C)c2n1.CC(=O)Nc1ccc(-c2nnc(-c3ccccc3)o2)cc1Nc1nc(NCCN)c2ncn(C(C)C)c2n1.CC(=O)Nc1ccc(-c2nnc(-c3ccccc3)o2)cc1Nc1nc2c(c(CN)cn2C(C)C)c(=O)[nH]1.CC(=O)Nc1ccc(-c2nnc(-c3ccccc3)o2)cc1Nc1nc2c(ncn2C(C)C)c(=O)[nH]1. The minimum atomic E-state index is -0.376. The van der Waals surface area contributed by atoms with Gasteiger partial charge in [-0.15, -0.1) is 40.8 Å². The average Bonchev–Trinajstić information content (AvgIpc) is 1.62. The van der Waals surface area contributed by atoms with Gasteiger partial charge in [0.1, 0.15) is 11.2 Å². The number of aromatic amines is 2. The highest BCUT2D eigenvalue weighted by atomic mass is 16.4. The summed E-state index contributed by atoms with van der Waals surface area (Å²) in [6, 6.07) is 59.4. The molecule has 0 fully saturated rings. The minimum Gasteiger partial charge on any atom is -0.416 e. The predicted molar refractivity (Wildman–Crippen MR) is 552 cm³/mol. The van der Waals surface area contributed by atoms with Crippen molar-refractivity contribution in [3.63, 3.8) is 0 Å². The van der Waals surface area contributed by atoms with Crippen LogP contribution in [0, 0.1) is 0 Å². The van der Waals surface area contributed by atoms with Gasteiger partial charge in [0.05, 0.1) is 69.9 Å². The first-order valence-electron chi connectivity index (χ1n) is 45.8. The number of anilines is 14. The van der Waals surface area contributed by atoms with Crippen LogP contribution >= 0.6 is 0 Å². The molecule has 12 heterocycles. The van der Waals surface area contributed by atoms with Crippen molar-refractivity contribution < 1.29 is 36.8 Å². The lowest BCUT2D eigenvalue weighted by atomic mass is 10.1. The first-order valence-corrected chi connectivity index (χ1v) is 45.8. The molecule has 20 rings (SSSR count). The van der Waals surface area contributed by atoms with Crippen LogP contribution in [0.25, 0.3) is 136 Å². The number of H-pyrrole nitrogens is 2. The Hall–Kier alpha value is -19.2. The Bertz CT molecular complexity index is 8240. The molecule has 0 saturated carbocycles. The van der Waals surface area contributed by atoms with Gasteiger partial charge in [0.2, 0.25) is 94.5 Å². The molecule has 45 heteroatoms. The van der Waals surface area contributed by atoms with Crippen LogP contribution in [0.2, 0.25) is 0 Å². The number of nitrogens with two attached hydrogens (primary N) is 3. The van der Waals surface area contributed by atoms with E-state index >= 15 is 0 Å². The van der Waals surface area contributed by atoms with Crippen LogP contribution < -0.4 is 76.2 Å². The van der Waals surface area contributed by atoms with Crippen molar-refractivity contribution in [3.05, 3.63) is 246 Å². The summed E-state index contributed by atoms with van der Waals surface area (Å²) in [4.78, 5) is 119. The number of amides is 4. The van der Waals surface area contributed by atoms with Gasteiger partial charge in [0.25, 0.3) is 11.1 Å². The number of aromatic nitrogens is 23. The van der Waals surface area contributed by atoms with E-state index in [9.17, 15) is 28.8 Å². The summed E-state index contributed by atoms with van der Waals surface area (Å²) < 4.78 is 31.2. The van der Waals surface area contributed by atoms with Gasteiger partial charge in [-0.3, -0.25) is 38.7 Å². The van der Waals surface area contributed by atoms with E-state index in [1.165, 1.54) is 27.7 Å². The molecule has 0 saturated heterocycles. The molecule has 0 bridgehead atoms. The second-order valence-electron chi connectivity index (χ2n) is 34.1. The summed E-state index contributed by atoms with van der Waals surface area (Å²) in [6.07, 6.45) is 6.87. The second kappa shape index (κ2) is 43.0. The van der Waals surface area contributed by atoms with E-state index in [-0.39, 0.29) is 94.6 Å². The smallest absolute Gasteiger partial charge is 0.280 e. The maximum Gasteiger partial charge on any atom is 0.280 e. The molecule has 0 aliphatic heterocycles. The van der Waals surface area contributed by atoms with Crippen LogP contribution in [-0.2, 0) is 25.7 Å². The largest absolute Gasteiger partial charge is 0.416 e. The summed E-state index contributed by atoms with van der Waals surface area (Å²) in [6.45, 7) is 23.0. The summed E-state index contributed by atoms with van der Waals surface area (Å²) in [5, 5.41) is 60.9. The fraction of sp³-hybridized carbons (Fsp3) is 0.190. The third kappa shape index (κ3) is 22.4. The van der Waals surface area contributed by atoms with E-state index in [0.29, 0.717) is 179 Å². The molecular formula is C100H99N35O10. The van der Waals surface area contributed by atoms with Gasteiger partial charge < -0.3 is 101 Å². The molecule has 12 aromatic heterocycles. The number of carbonyl (C=O) groups excluding carboxylic acids is 4. The third-order valence-corrected chi connectivity index (χ3v) is 22.0. The molecule has 0 radical (unpaired) electrons. The zero-order chi connectivity index (χ0) is 102. The van der Waals surface area contributed by atoms with Crippen molar-refractivity contribution in [2.75, 3.05) is 66.7 Å². The van der Waals surface area contributed by atoms with Gasteiger partial charge in [-0.25, -0.2) is 15.0 Å². The molecule has 0 unspecified atom stereocenters. The topological polar surface area (TPSA) is 612 Å². The number of imidazole rings is 3. The molecule has 4 amide bonds. The molecule has 0 atom stereocenters. The molecule has 20 aromatic rings. The fourth-order valence-corrected chi connectivity index (χ4v) is 15.2. The van der Waals surface area contributed by atoms with E-state index in [2.05, 4.69) is 152 Å². The van der Waals surface area contributed by atoms with Gasteiger partial charge in [0.15, 0.2) is 39.6 Å². The molecule has 17 N–H and O–H groups in total. The van der Waals surface area contributed by atoms with Gasteiger partial charge in [-0.2, -0.15) is 29.9 Å². The number of hydrogen-bond acceptors (Lipinski definition) is 35. The lowest BCUT2D eigenvalue weighted by molar-refractivity contribution is -0.115. The van der Waals surface area contributed by atoms with Crippen LogP contribution in [-0.4, -0.2) is 151 Å². The summed E-state index contributed by atoms with van der Waals surface area (Å²) in [5.74, 6) is 3.71. The highest BCUT2D eigenvalue weighted by Crippen LogP contribution is 2.40. The summed E-state index contributed by atoms with van der Waals surface area (Å²) >= 11 is 0. The van der Waals surface area contributed by atoms with Crippen molar-refractivity contribution in [2.24, 2.45) is 11.5 Å². The highest BCUT2D eigenvalue weighted by Gasteiger charge is 2.26. The molecule has 8 aromatic carbocycles. The zero-order valence-electron chi connectivity index (χ0n) is 80.4. The first kappa shape index (κ1) is 97.4. The van der Waals surface area contributed by atoms with Crippen molar-refractivity contribution in [2.45, 2.75) is 114 Å². The van der Waals surface area contributed by atoms with Crippen molar-refractivity contribution >= 4 is 149 Å². The Balaban J connectivity index is 0.000000132. The van der Waals surface area contributed by atoms with E-state index in [0.717, 1.165) is 27.8 Å². The number of nitrogen functional groups attached to an aromatic ring is 1. The number of fused-ring (bicyclic) bond motifs is 4. The molecule has 0 aliphatic rings. The molecule has 0 spiro atoms. The van der Waals surface area contributed by atoms with Crippen LogP contribution in [0.5, 0.6) is 0 Å². The van der Waals surface area contributed by atoms with Crippen molar-refractivity contribution in [1.82, 2.24) is 114 Å². The second-order valence-corrected chi connectivity index (χ2v) is 34.1. The Morgan fingerprint density at radius 1 is 0.345 bits per heavy atom. The standard InChI is InChI=1S/C26H28N10O2.C26H26N8O3.C24H23N9O2.C24H22N8O3/c1-15(2)36-14-29-21-22(28-12-11-27)32-26(33-23(21)36)31-20-13-18(9-10-19(20)30-16(3)37)25-35-34-24(38-25)17-7-5-4-6-8-17;1-14(2)34-13-18(12-27)21-22(34)30-26(31-23(21)36)29-20-11-17(9-10-19(20)28-15(3)35)25-33-32-24(37-25)16-7-5-4-6-8-16;1-13(2)33-12-26-19-20(25)29-24(30-21(19)33)28-18-11-16(9-10-17(18)27-14(3)34)23-32-31-22(35-23)15-7-5-4-6-8-15;1-13(2)32-12-25-19-20(32)28-24(29-21(19)34)27-18-11-16(9-10-17(18)26-14(3)33)23-31-30-22(35-23)15-7-5-4-6-8-15/h4-10,13-15H,11-12,27H2,1-3H3,(H,30,37)(H2,28,31,32,33);4-11,13-14H,12,27H2,1-3H3,(H,28,35)(H2,29,30,31,36);4-13H,1-3H3,(H,27,34)(H3,25,28,29,30);4-13H,1-3H3,(H,26,33)(H2,27,28,29,34). The maximum atomic E-state index is 13.0. The minimum absolute atomic E-state index is 0.0664. The van der Waals surface area contributed by atoms with E-state index in [1.807, 2.05) is 187 Å². The monoisotopic (exact) mass is 1950 g/mol.